The Morgan fingerprint density at radius 1 is 0.365 bits per heavy atom. The number of aromatic nitrogens is 1. The van der Waals surface area contributed by atoms with E-state index in [0.717, 1.165) is 55.0 Å². The molecule has 12 rings (SSSR count). The highest BCUT2D eigenvalue weighted by Gasteiger charge is 2.51. The SMILES string of the molecule is c1ccc(-c2nc3cc(-c4ccc5c(c4)C4(c6ccccc6-c6ccccc64)c4ccccc4-5)ccc3c3c2ccc2oc4ccccc4c23)cc1. The van der Waals surface area contributed by atoms with Gasteiger partial charge in [0.2, 0.25) is 0 Å². The lowest BCUT2D eigenvalue weighted by atomic mass is 9.70. The molecule has 240 valence electrons. The summed E-state index contributed by atoms with van der Waals surface area (Å²) in [4.78, 5) is 5.44. The van der Waals surface area contributed by atoms with Gasteiger partial charge in [-0.25, -0.2) is 4.98 Å². The number of hydrogen-bond acceptors (Lipinski definition) is 2. The first-order chi connectivity index (χ1) is 25.8. The molecule has 52 heavy (non-hydrogen) atoms. The van der Waals surface area contributed by atoms with Crippen molar-refractivity contribution >= 4 is 43.6 Å². The van der Waals surface area contributed by atoms with Gasteiger partial charge >= 0.3 is 0 Å². The second-order valence-electron chi connectivity index (χ2n) is 14.2. The standard InChI is InChI=1S/C50H29NO/c1-2-12-30(13-3-1)49-39-26-27-46-48(38-17-7-11-21-45(38)52-46)47(39)37-25-23-32(29-44(37)51-49)31-22-24-36-35-16-6-10-20-42(35)50(43(36)28-31)40-18-8-4-14-33(40)34-15-5-9-19-41(34)50/h1-29H. The first-order valence-electron chi connectivity index (χ1n) is 18.0. The van der Waals surface area contributed by atoms with Gasteiger partial charge in [0.15, 0.2) is 0 Å². The van der Waals surface area contributed by atoms with Crippen LogP contribution in [0.5, 0.6) is 0 Å². The minimum absolute atomic E-state index is 0.380. The quantitative estimate of drug-likeness (QED) is 0.173. The van der Waals surface area contributed by atoms with Gasteiger partial charge in [-0.2, -0.15) is 0 Å². The summed E-state index contributed by atoms with van der Waals surface area (Å²) in [6, 6.07) is 64.1. The van der Waals surface area contributed by atoms with Crippen molar-refractivity contribution in [1.82, 2.24) is 4.98 Å². The molecule has 0 fully saturated rings. The van der Waals surface area contributed by atoms with Crippen molar-refractivity contribution in [2.75, 3.05) is 0 Å². The van der Waals surface area contributed by atoms with Gasteiger partial charge in [0, 0.05) is 32.5 Å². The molecule has 0 saturated heterocycles. The number of rotatable bonds is 2. The van der Waals surface area contributed by atoms with E-state index in [1.165, 1.54) is 55.5 Å². The number of pyridine rings is 1. The van der Waals surface area contributed by atoms with E-state index in [2.05, 4.69) is 170 Å². The van der Waals surface area contributed by atoms with E-state index in [0.29, 0.717) is 0 Å². The van der Waals surface area contributed by atoms with E-state index < -0.39 is 0 Å². The predicted octanol–water partition coefficient (Wildman–Crippen LogP) is 13.0. The van der Waals surface area contributed by atoms with Crippen molar-refractivity contribution in [3.63, 3.8) is 0 Å². The van der Waals surface area contributed by atoms with Gasteiger partial charge in [-0.1, -0.05) is 146 Å². The maximum Gasteiger partial charge on any atom is 0.136 e. The molecule has 2 heterocycles. The molecule has 0 radical (unpaired) electrons. The van der Waals surface area contributed by atoms with Crippen LogP contribution in [-0.2, 0) is 5.41 Å². The highest BCUT2D eigenvalue weighted by atomic mass is 16.3. The van der Waals surface area contributed by atoms with Crippen LogP contribution in [0.1, 0.15) is 22.3 Å². The van der Waals surface area contributed by atoms with Crippen LogP contribution in [0.15, 0.2) is 180 Å². The van der Waals surface area contributed by atoms with Crippen molar-refractivity contribution in [2.24, 2.45) is 0 Å². The van der Waals surface area contributed by atoms with Gasteiger partial charge in [-0.05, 0) is 86.0 Å². The van der Waals surface area contributed by atoms with E-state index in [-0.39, 0.29) is 5.41 Å². The summed E-state index contributed by atoms with van der Waals surface area (Å²) < 4.78 is 6.39. The molecule has 2 aliphatic rings. The fourth-order valence-corrected chi connectivity index (χ4v) is 9.58. The number of nitrogens with zero attached hydrogens (tertiary/aromatic N) is 1. The van der Waals surface area contributed by atoms with Gasteiger partial charge < -0.3 is 4.42 Å². The van der Waals surface area contributed by atoms with Crippen LogP contribution < -0.4 is 0 Å². The van der Waals surface area contributed by atoms with Crippen molar-refractivity contribution in [3.8, 4) is 44.6 Å². The highest BCUT2D eigenvalue weighted by Crippen LogP contribution is 2.63. The Balaban J connectivity index is 1.14. The molecule has 2 aromatic heterocycles. The van der Waals surface area contributed by atoms with Crippen LogP contribution in [0.25, 0.3) is 88.3 Å². The Morgan fingerprint density at radius 2 is 0.942 bits per heavy atom. The van der Waals surface area contributed by atoms with E-state index >= 15 is 0 Å². The fourth-order valence-electron chi connectivity index (χ4n) is 9.58. The lowest BCUT2D eigenvalue weighted by molar-refractivity contribution is 0.669. The molecule has 0 unspecified atom stereocenters. The average Bonchev–Trinajstić information content (AvgIpc) is 3.84. The summed E-state index contributed by atoms with van der Waals surface area (Å²) in [5.74, 6) is 0. The molecule has 0 bridgehead atoms. The molecule has 2 aliphatic carbocycles. The molecule has 0 saturated carbocycles. The fraction of sp³-hybridized carbons (Fsp3) is 0.0200. The minimum atomic E-state index is -0.380. The summed E-state index contributed by atoms with van der Waals surface area (Å²) in [6.45, 7) is 0. The number of benzene rings is 8. The molecular weight excluding hydrogens is 631 g/mol. The monoisotopic (exact) mass is 659 g/mol. The van der Waals surface area contributed by atoms with Gasteiger partial charge in [-0.3, -0.25) is 0 Å². The minimum Gasteiger partial charge on any atom is -0.456 e. The third-order valence-corrected chi connectivity index (χ3v) is 11.7. The molecule has 2 nitrogen and oxygen atoms in total. The first-order valence-corrected chi connectivity index (χ1v) is 18.0. The average molecular weight is 660 g/mol. The Morgan fingerprint density at radius 3 is 1.67 bits per heavy atom. The van der Waals surface area contributed by atoms with Gasteiger partial charge in [-0.15, -0.1) is 0 Å². The Bertz CT molecular complexity index is 3070. The lowest BCUT2D eigenvalue weighted by Crippen LogP contribution is -2.25. The van der Waals surface area contributed by atoms with Gasteiger partial charge in [0.1, 0.15) is 11.2 Å². The topological polar surface area (TPSA) is 26.0 Å². The molecule has 1 spiro atoms. The number of fused-ring (bicyclic) bond motifs is 17. The molecule has 0 aliphatic heterocycles. The Kier molecular flexibility index (Phi) is 5.46. The van der Waals surface area contributed by atoms with Crippen LogP contribution in [0, 0.1) is 0 Å². The number of furan rings is 1. The van der Waals surface area contributed by atoms with E-state index in [1.54, 1.807) is 0 Å². The van der Waals surface area contributed by atoms with E-state index in [1.807, 2.05) is 6.07 Å². The third-order valence-electron chi connectivity index (χ3n) is 11.7. The summed E-state index contributed by atoms with van der Waals surface area (Å²) >= 11 is 0. The molecule has 0 atom stereocenters. The molecule has 2 heteroatoms. The molecule has 8 aromatic carbocycles. The maximum atomic E-state index is 6.39. The third kappa shape index (κ3) is 3.51. The molecule has 0 N–H and O–H groups in total. The largest absolute Gasteiger partial charge is 0.456 e. The second-order valence-corrected chi connectivity index (χ2v) is 14.2. The van der Waals surface area contributed by atoms with Crippen molar-refractivity contribution < 1.29 is 4.42 Å². The Hall–Kier alpha value is -6.77. The summed E-state index contributed by atoms with van der Waals surface area (Å²) in [6.07, 6.45) is 0. The second kappa shape index (κ2) is 10.2. The normalized spacial score (nSPS) is 13.5. The Labute approximate surface area is 300 Å². The molecular formula is C50H29NO. The van der Waals surface area contributed by atoms with Crippen LogP contribution >= 0.6 is 0 Å². The van der Waals surface area contributed by atoms with Crippen LogP contribution in [0.3, 0.4) is 0 Å². The maximum absolute atomic E-state index is 6.39. The molecule has 10 aromatic rings. The zero-order chi connectivity index (χ0) is 34.0. The smallest absolute Gasteiger partial charge is 0.136 e. The van der Waals surface area contributed by atoms with Gasteiger partial charge in [0.05, 0.1) is 16.6 Å². The predicted molar refractivity (Wildman–Crippen MR) is 214 cm³/mol. The van der Waals surface area contributed by atoms with Crippen LogP contribution in [0.2, 0.25) is 0 Å². The van der Waals surface area contributed by atoms with Crippen LogP contribution in [0.4, 0.5) is 0 Å². The summed E-state index contributed by atoms with van der Waals surface area (Å²) in [5, 5.41) is 5.70. The van der Waals surface area contributed by atoms with Crippen molar-refractivity contribution in [3.05, 3.63) is 198 Å². The summed E-state index contributed by atoms with van der Waals surface area (Å²) in [7, 11) is 0. The zero-order valence-electron chi connectivity index (χ0n) is 28.1. The number of hydrogen-bond donors (Lipinski definition) is 0. The van der Waals surface area contributed by atoms with Crippen molar-refractivity contribution in [2.45, 2.75) is 5.41 Å². The van der Waals surface area contributed by atoms with Crippen molar-refractivity contribution in [1.29, 1.82) is 0 Å². The van der Waals surface area contributed by atoms with E-state index in [4.69, 9.17) is 9.40 Å². The van der Waals surface area contributed by atoms with Crippen LogP contribution in [-0.4, -0.2) is 4.98 Å². The van der Waals surface area contributed by atoms with Gasteiger partial charge in [0.25, 0.3) is 0 Å². The summed E-state index contributed by atoms with van der Waals surface area (Å²) in [5.41, 5.74) is 17.5. The molecule has 0 amide bonds. The zero-order valence-corrected chi connectivity index (χ0v) is 28.1. The lowest BCUT2D eigenvalue weighted by Gasteiger charge is -2.30. The highest BCUT2D eigenvalue weighted by molar-refractivity contribution is 6.28. The number of para-hydroxylation sites is 1. The first kappa shape index (κ1) is 28.0. The van der Waals surface area contributed by atoms with E-state index in [9.17, 15) is 0 Å².